The molecular formula is C30H31N3O4S. The summed E-state index contributed by atoms with van der Waals surface area (Å²) in [5.74, 6) is 4.18. The minimum Gasteiger partial charge on any atom is -0.454 e. The van der Waals surface area contributed by atoms with Gasteiger partial charge in [-0.1, -0.05) is 0 Å². The average molecular weight is 530 g/mol. The second kappa shape index (κ2) is 8.85. The first-order valence-corrected chi connectivity index (χ1v) is 14.7. The number of carbonyl (C=O) groups excluding carboxylic acids is 1. The first-order valence-electron chi connectivity index (χ1n) is 13.9. The molecule has 4 heterocycles. The van der Waals surface area contributed by atoms with Gasteiger partial charge in [-0.2, -0.15) is 4.99 Å². The molecule has 0 unspecified atom stereocenters. The zero-order valence-corrected chi connectivity index (χ0v) is 22.2. The Labute approximate surface area is 226 Å². The molecule has 1 saturated heterocycles. The summed E-state index contributed by atoms with van der Waals surface area (Å²) in [4.78, 5) is 24.3. The SMILES string of the molecule is O=C1N=C(N2CCOCC2)S/C1=C\c1cncc(-c2cc3c(c(C45CC6CC(CC(C6)C4)C5)c2)OCO3)c1. The normalized spacial score (nSPS) is 32.4. The number of rotatable bonds is 3. The topological polar surface area (TPSA) is 73.3 Å². The molecular weight excluding hydrogens is 498 g/mol. The van der Waals surface area contributed by atoms with Crippen molar-refractivity contribution in [2.75, 3.05) is 33.1 Å². The summed E-state index contributed by atoms with van der Waals surface area (Å²) < 4.78 is 17.5. The molecule has 4 saturated carbocycles. The van der Waals surface area contributed by atoms with Crippen molar-refractivity contribution in [2.24, 2.45) is 22.7 Å². The monoisotopic (exact) mass is 529 g/mol. The molecule has 0 radical (unpaired) electrons. The van der Waals surface area contributed by atoms with Crippen LogP contribution in [-0.4, -0.2) is 54.1 Å². The Kier molecular flexibility index (Phi) is 5.37. The molecule has 7 nitrogen and oxygen atoms in total. The molecule has 196 valence electrons. The number of fused-ring (bicyclic) bond motifs is 1. The van der Waals surface area contributed by atoms with Gasteiger partial charge in [-0.3, -0.25) is 9.78 Å². The van der Waals surface area contributed by atoms with Gasteiger partial charge in [0.1, 0.15) is 0 Å². The van der Waals surface area contributed by atoms with Gasteiger partial charge >= 0.3 is 0 Å². The highest BCUT2D eigenvalue weighted by atomic mass is 32.2. The van der Waals surface area contributed by atoms with Crippen molar-refractivity contribution in [1.82, 2.24) is 9.88 Å². The van der Waals surface area contributed by atoms with Gasteiger partial charge < -0.3 is 19.1 Å². The van der Waals surface area contributed by atoms with Gasteiger partial charge in [0, 0.05) is 36.6 Å². The highest BCUT2D eigenvalue weighted by Crippen LogP contribution is 2.63. The third-order valence-electron chi connectivity index (χ3n) is 9.36. The Balaban J connectivity index is 1.12. The maximum Gasteiger partial charge on any atom is 0.286 e. The second-order valence-electron chi connectivity index (χ2n) is 11.9. The van der Waals surface area contributed by atoms with Crippen LogP contribution in [0.4, 0.5) is 0 Å². The number of pyridine rings is 1. The van der Waals surface area contributed by atoms with Crippen LogP contribution in [0, 0.1) is 17.8 Å². The van der Waals surface area contributed by atoms with Gasteiger partial charge in [0.15, 0.2) is 16.7 Å². The van der Waals surface area contributed by atoms with Crippen molar-refractivity contribution in [3.8, 4) is 22.6 Å². The van der Waals surface area contributed by atoms with E-state index < -0.39 is 0 Å². The molecule has 0 spiro atoms. The molecule has 0 atom stereocenters. The molecule has 9 rings (SSSR count). The molecule has 4 bridgehead atoms. The maximum absolute atomic E-state index is 12.7. The van der Waals surface area contributed by atoms with Crippen molar-refractivity contribution in [1.29, 1.82) is 0 Å². The van der Waals surface area contributed by atoms with Crippen LogP contribution in [0.3, 0.4) is 0 Å². The number of amides is 1. The molecule has 38 heavy (non-hydrogen) atoms. The van der Waals surface area contributed by atoms with Crippen molar-refractivity contribution in [2.45, 2.75) is 43.9 Å². The third kappa shape index (κ3) is 3.87. The zero-order valence-electron chi connectivity index (χ0n) is 21.4. The third-order valence-corrected chi connectivity index (χ3v) is 10.4. The number of thioether (sulfide) groups is 1. The van der Waals surface area contributed by atoms with E-state index in [2.05, 4.69) is 33.1 Å². The average Bonchev–Trinajstić information content (AvgIpc) is 3.54. The smallest absolute Gasteiger partial charge is 0.286 e. The molecule has 4 aliphatic carbocycles. The highest BCUT2D eigenvalue weighted by molar-refractivity contribution is 8.18. The molecule has 8 heteroatoms. The summed E-state index contributed by atoms with van der Waals surface area (Å²) in [6, 6.07) is 6.56. The first-order chi connectivity index (χ1) is 18.6. The van der Waals surface area contributed by atoms with E-state index in [1.807, 2.05) is 18.5 Å². The van der Waals surface area contributed by atoms with Gasteiger partial charge in [-0.05, 0) is 109 Å². The number of nitrogens with zero attached hydrogens (tertiary/aromatic N) is 3. The molecule has 2 aromatic rings. The van der Waals surface area contributed by atoms with Gasteiger partial charge in [0.2, 0.25) is 6.79 Å². The predicted molar refractivity (Wildman–Crippen MR) is 146 cm³/mol. The maximum atomic E-state index is 12.7. The standard InChI is InChI=1S/C30H31N3O4S/c34-28-26(38-29(32-28)33-1-3-35-4-2-33)9-21-8-23(16-31-15-21)22-10-24(27-25(11-22)36-17-37-27)30-12-18-5-19(13-30)7-20(6-18)14-30/h8-11,15-16,18-20H,1-7,12-14,17H2/b26-9-. The molecule has 0 N–H and O–H groups in total. The number of ether oxygens (including phenoxy) is 3. The lowest BCUT2D eigenvalue weighted by Gasteiger charge is -2.57. The molecule has 1 aromatic carbocycles. The van der Waals surface area contributed by atoms with Crippen molar-refractivity contribution in [3.05, 3.63) is 46.6 Å². The summed E-state index contributed by atoms with van der Waals surface area (Å²) in [5.41, 5.74) is 4.56. The number of hydrogen-bond acceptors (Lipinski definition) is 7. The van der Waals surface area contributed by atoms with Gasteiger partial charge in [-0.25, -0.2) is 0 Å². The van der Waals surface area contributed by atoms with E-state index in [4.69, 9.17) is 14.2 Å². The highest BCUT2D eigenvalue weighted by Gasteiger charge is 2.53. The van der Waals surface area contributed by atoms with Crippen LogP contribution in [-0.2, 0) is 14.9 Å². The van der Waals surface area contributed by atoms with Crippen LogP contribution >= 0.6 is 11.8 Å². The molecule has 7 aliphatic rings. The quantitative estimate of drug-likeness (QED) is 0.503. The fourth-order valence-corrected chi connectivity index (χ4v) is 9.11. The number of carbonyl (C=O) groups is 1. The van der Waals surface area contributed by atoms with Gasteiger partial charge in [0.05, 0.1) is 18.1 Å². The predicted octanol–water partition coefficient (Wildman–Crippen LogP) is 5.25. The summed E-state index contributed by atoms with van der Waals surface area (Å²) in [7, 11) is 0. The lowest BCUT2D eigenvalue weighted by Crippen LogP contribution is -2.48. The van der Waals surface area contributed by atoms with E-state index in [9.17, 15) is 4.79 Å². The Morgan fingerprint density at radius 3 is 2.47 bits per heavy atom. The molecule has 3 aliphatic heterocycles. The number of morpholine rings is 1. The van der Waals surface area contributed by atoms with E-state index in [-0.39, 0.29) is 18.1 Å². The Bertz CT molecular complexity index is 1340. The minimum absolute atomic E-state index is 0.186. The van der Waals surface area contributed by atoms with E-state index in [1.165, 1.54) is 55.9 Å². The molecule has 1 aromatic heterocycles. The van der Waals surface area contributed by atoms with E-state index in [1.54, 1.807) is 0 Å². The van der Waals surface area contributed by atoms with Gasteiger partial charge in [-0.15, -0.1) is 0 Å². The summed E-state index contributed by atoms with van der Waals surface area (Å²) in [6.07, 6.45) is 13.7. The molecule has 5 fully saturated rings. The van der Waals surface area contributed by atoms with Crippen LogP contribution in [0.2, 0.25) is 0 Å². The zero-order chi connectivity index (χ0) is 25.3. The first kappa shape index (κ1) is 23.1. The number of benzene rings is 1. The number of amidine groups is 1. The van der Waals surface area contributed by atoms with Crippen LogP contribution in [0.1, 0.15) is 49.7 Å². The van der Waals surface area contributed by atoms with Crippen LogP contribution < -0.4 is 9.47 Å². The Morgan fingerprint density at radius 2 is 1.71 bits per heavy atom. The minimum atomic E-state index is -0.186. The summed E-state index contributed by atoms with van der Waals surface area (Å²) >= 11 is 1.44. The van der Waals surface area contributed by atoms with E-state index >= 15 is 0 Å². The number of aromatic nitrogens is 1. The number of hydrogen-bond donors (Lipinski definition) is 0. The number of aliphatic imine (C=N–C) groups is 1. The Hall–Kier alpha value is -2.84. The largest absolute Gasteiger partial charge is 0.454 e. The van der Waals surface area contributed by atoms with Crippen LogP contribution in [0.25, 0.3) is 17.2 Å². The van der Waals surface area contributed by atoms with Crippen molar-refractivity contribution >= 4 is 28.9 Å². The van der Waals surface area contributed by atoms with E-state index in [0.717, 1.165) is 64.2 Å². The van der Waals surface area contributed by atoms with Crippen molar-refractivity contribution in [3.63, 3.8) is 0 Å². The van der Waals surface area contributed by atoms with Gasteiger partial charge in [0.25, 0.3) is 5.91 Å². The lowest BCUT2D eigenvalue weighted by atomic mass is 9.48. The summed E-state index contributed by atoms with van der Waals surface area (Å²) in [6.45, 7) is 3.14. The van der Waals surface area contributed by atoms with Crippen LogP contribution in [0.5, 0.6) is 11.5 Å². The fourth-order valence-electron chi connectivity index (χ4n) is 8.15. The van der Waals surface area contributed by atoms with Crippen LogP contribution in [0.15, 0.2) is 40.5 Å². The fraction of sp³-hybridized carbons (Fsp3) is 0.500. The molecule has 1 amide bonds. The Morgan fingerprint density at radius 1 is 0.947 bits per heavy atom. The lowest BCUT2D eigenvalue weighted by molar-refractivity contribution is -0.113. The summed E-state index contributed by atoms with van der Waals surface area (Å²) in [5, 5.41) is 0.768. The van der Waals surface area contributed by atoms with E-state index in [0.29, 0.717) is 18.1 Å². The second-order valence-corrected chi connectivity index (χ2v) is 12.9. The van der Waals surface area contributed by atoms with Crippen molar-refractivity contribution < 1.29 is 19.0 Å².